The van der Waals surface area contributed by atoms with Crippen LogP contribution in [0.4, 0.5) is 29.3 Å². The number of nitriles is 1. The van der Waals surface area contributed by atoms with Crippen LogP contribution in [0.25, 0.3) is 0 Å². The number of nitrogens with zero attached hydrogens (tertiary/aromatic N) is 4. The molecule has 32 heavy (non-hydrogen) atoms. The Kier molecular flexibility index (Phi) is 6.39. The number of aromatic nitrogens is 1. The summed E-state index contributed by atoms with van der Waals surface area (Å²) in [5.74, 6) is -0.225. The molecule has 10 heteroatoms. The van der Waals surface area contributed by atoms with E-state index in [1.807, 2.05) is 6.92 Å². The highest BCUT2D eigenvalue weighted by Crippen LogP contribution is 2.35. The zero-order valence-electron chi connectivity index (χ0n) is 17.8. The summed E-state index contributed by atoms with van der Waals surface area (Å²) in [4.78, 5) is 31.7. The number of amides is 2. The highest BCUT2D eigenvalue weighted by atomic mass is 19.4. The van der Waals surface area contributed by atoms with Gasteiger partial charge in [0.25, 0.3) is 0 Å². The third kappa shape index (κ3) is 4.82. The number of ketones is 1. The first kappa shape index (κ1) is 23.1. The second-order valence-electron chi connectivity index (χ2n) is 7.76. The molecule has 0 bridgehead atoms. The van der Waals surface area contributed by atoms with Crippen LogP contribution in [0.1, 0.15) is 42.4 Å². The van der Waals surface area contributed by atoms with Crippen molar-refractivity contribution in [2.45, 2.75) is 39.0 Å². The fourth-order valence-corrected chi connectivity index (χ4v) is 3.71. The maximum atomic E-state index is 13.4. The Labute approximate surface area is 183 Å². The number of anilines is 2. The summed E-state index contributed by atoms with van der Waals surface area (Å²) in [6.07, 6.45) is -3.21. The number of nitrogens with one attached hydrogen (secondary N) is 1. The molecular formula is C22H22F3N5O2. The first-order valence-corrected chi connectivity index (χ1v) is 9.94. The fraction of sp³-hybridized carbons (Fsp3) is 0.364. The topological polar surface area (TPSA) is 89.3 Å². The molecule has 2 heterocycles. The van der Waals surface area contributed by atoms with E-state index in [2.05, 4.69) is 10.3 Å². The smallest absolute Gasteiger partial charge is 0.365 e. The first-order chi connectivity index (χ1) is 15.0. The maximum Gasteiger partial charge on any atom is 0.417 e. The zero-order chi connectivity index (χ0) is 23.6. The number of hydrogen-bond donors (Lipinski definition) is 1. The Morgan fingerprint density at radius 3 is 2.50 bits per heavy atom. The summed E-state index contributed by atoms with van der Waals surface area (Å²) < 4.78 is 40.1. The van der Waals surface area contributed by atoms with Gasteiger partial charge in [-0.25, -0.2) is 4.79 Å². The van der Waals surface area contributed by atoms with Gasteiger partial charge in [0, 0.05) is 49.7 Å². The normalized spacial score (nSPS) is 18.8. The van der Waals surface area contributed by atoms with Crippen LogP contribution >= 0.6 is 0 Å². The highest BCUT2D eigenvalue weighted by molar-refractivity contribution is 5.95. The Morgan fingerprint density at radius 1 is 1.16 bits per heavy atom. The molecule has 0 spiro atoms. The molecule has 1 saturated heterocycles. The number of hydrogen-bond acceptors (Lipinski definition) is 5. The molecule has 2 aromatic rings. The van der Waals surface area contributed by atoms with Gasteiger partial charge in [0.15, 0.2) is 5.78 Å². The fourth-order valence-electron chi connectivity index (χ4n) is 3.71. The monoisotopic (exact) mass is 445 g/mol. The minimum atomic E-state index is -4.64. The first-order valence-electron chi connectivity index (χ1n) is 9.94. The van der Waals surface area contributed by atoms with Crippen molar-refractivity contribution in [3.05, 3.63) is 53.3 Å². The minimum Gasteiger partial charge on any atom is -0.365 e. The molecule has 168 valence electrons. The van der Waals surface area contributed by atoms with Gasteiger partial charge in [-0.15, -0.1) is 0 Å². The number of benzene rings is 1. The Bertz CT molecular complexity index is 1080. The van der Waals surface area contributed by atoms with Gasteiger partial charge in [0.1, 0.15) is 5.69 Å². The summed E-state index contributed by atoms with van der Waals surface area (Å²) in [5, 5.41) is 11.8. The molecule has 2 atom stereocenters. The molecular weight excluding hydrogens is 423 g/mol. The zero-order valence-corrected chi connectivity index (χ0v) is 17.8. The SMILES string of the molecule is CC(=O)c1cc(NC(=O)N2C[C@H](C)N(c3ccc(C#N)c(C(F)(F)F)c3)C[C@H]2C)ccn1. The van der Waals surface area contributed by atoms with Crippen molar-refractivity contribution < 1.29 is 22.8 Å². The van der Waals surface area contributed by atoms with Crippen LogP contribution in [0.5, 0.6) is 0 Å². The van der Waals surface area contributed by atoms with E-state index in [0.717, 1.165) is 6.07 Å². The van der Waals surface area contributed by atoms with Crippen LogP contribution in [0, 0.1) is 11.3 Å². The van der Waals surface area contributed by atoms with Gasteiger partial charge in [-0.1, -0.05) is 0 Å². The Hall–Kier alpha value is -3.61. The van der Waals surface area contributed by atoms with Gasteiger partial charge in [-0.2, -0.15) is 18.4 Å². The maximum absolute atomic E-state index is 13.4. The van der Waals surface area contributed by atoms with Gasteiger partial charge in [0.2, 0.25) is 0 Å². The van der Waals surface area contributed by atoms with Crippen molar-refractivity contribution in [1.82, 2.24) is 9.88 Å². The average molecular weight is 445 g/mol. The number of carbonyl (C=O) groups excluding carboxylic acids is 2. The molecule has 0 unspecified atom stereocenters. The average Bonchev–Trinajstić information content (AvgIpc) is 2.74. The number of urea groups is 1. The molecule has 1 aliphatic rings. The summed E-state index contributed by atoms with van der Waals surface area (Å²) in [6.45, 7) is 5.59. The molecule has 0 radical (unpaired) electrons. The van der Waals surface area contributed by atoms with E-state index in [0.29, 0.717) is 17.9 Å². The van der Waals surface area contributed by atoms with Crippen LogP contribution in [-0.2, 0) is 6.18 Å². The lowest BCUT2D eigenvalue weighted by molar-refractivity contribution is -0.137. The van der Waals surface area contributed by atoms with Crippen molar-refractivity contribution in [3.63, 3.8) is 0 Å². The van der Waals surface area contributed by atoms with E-state index >= 15 is 0 Å². The van der Waals surface area contributed by atoms with Crippen molar-refractivity contribution in [2.75, 3.05) is 23.3 Å². The van der Waals surface area contributed by atoms with Crippen LogP contribution in [-0.4, -0.2) is 46.9 Å². The van der Waals surface area contributed by atoms with Crippen LogP contribution < -0.4 is 10.2 Å². The lowest BCUT2D eigenvalue weighted by atomic mass is 10.0. The Balaban J connectivity index is 1.77. The van der Waals surface area contributed by atoms with E-state index in [1.54, 1.807) is 28.9 Å². The molecule has 1 aromatic carbocycles. The second-order valence-corrected chi connectivity index (χ2v) is 7.76. The number of carbonyl (C=O) groups is 2. The van der Waals surface area contributed by atoms with Crippen molar-refractivity contribution in [3.8, 4) is 6.07 Å². The largest absolute Gasteiger partial charge is 0.417 e. The number of piperazine rings is 1. The van der Waals surface area contributed by atoms with Gasteiger partial charge < -0.3 is 15.1 Å². The van der Waals surface area contributed by atoms with Gasteiger partial charge in [-0.3, -0.25) is 9.78 Å². The van der Waals surface area contributed by atoms with Crippen molar-refractivity contribution in [1.29, 1.82) is 5.26 Å². The number of halogens is 3. The van der Waals surface area contributed by atoms with Crippen LogP contribution in [0.3, 0.4) is 0 Å². The molecule has 1 fully saturated rings. The van der Waals surface area contributed by atoms with Gasteiger partial charge in [0.05, 0.1) is 17.2 Å². The lowest BCUT2D eigenvalue weighted by Crippen LogP contribution is -2.59. The molecule has 0 saturated carbocycles. The van der Waals surface area contributed by atoms with Crippen LogP contribution in [0.15, 0.2) is 36.5 Å². The molecule has 2 amide bonds. The van der Waals surface area contributed by atoms with Gasteiger partial charge >= 0.3 is 12.2 Å². The summed E-state index contributed by atoms with van der Waals surface area (Å²) in [7, 11) is 0. The predicted molar refractivity (Wildman–Crippen MR) is 112 cm³/mol. The minimum absolute atomic E-state index is 0.225. The molecule has 0 aliphatic carbocycles. The number of alkyl halides is 3. The third-order valence-corrected chi connectivity index (χ3v) is 5.38. The quantitative estimate of drug-likeness (QED) is 0.712. The molecule has 1 aliphatic heterocycles. The summed E-state index contributed by atoms with van der Waals surface area (Å²) >= 11 is 0. The van der Waals surface area contributed by atoms with Crippen molar-refractivity contribution in [2.24, 2.45) is 0 Å². The standard InChI is InChI=1S/C22H22F3N5O2/c1-13-12-30(21(32)28-17-6-7-27-20(8-17)15(3)31)14(2)11-29(13)18-5-4-16(10-26)19(9-18)22(23,24)25/h4-9,13-14H,11-12H2,1-3H3,(H,27,28,32)/t13-,14+/m0/s1. The molecule has 3 rings (SSSR count). The highest BCUT2D eigenvalue weighted by Gasteiger charge is 2.36. The second kappa shape index (κ2) is 8.86. The molecule has 1 N–H and O–H groups in total. The van der Waals surface area contributed by atoms with Crippen molar-refractivity contribution >= 4 is 23.2 Å². The van der Waals surface area contributed by atoms with E-state index in [9.17, 15) is 22.8 Å². The number of pyridine rings is 1. The van der Waals surface area contributed by atoms with E-state index in [4.69, 9.17) is 5.26 Å². The van der Waals surface area contributed by atoms with Crippen LogP contribution in [0.2, 0.25) is 0 Å². The van der Waals surface area contributed by atoms with E-state index in [1.165, 1.54) is 31.3 Å². The number of rotatable bonds is 3. The van der Waals surface area contributed by atoms with Gasteiger partial charge in [-0.05, 0) is 44.2 Å². The van der Waals surface area contributed by atoms with E-state index < -0.39 is 17.3 Å². The summed E-state index contributed by atoms with van der Waals surface area (Å²) in [5.41, 5.74) is -0.399. The predicted octanol–water partition coefficient (Wildman–Crippen LogP) is 4.31. The molecule has 7 nitrogen and oxygen atoms in total. The molecule has 1 aromatic heterocycles. The lowest BCUT2D eigenvalue weighted by Gasteiger charge is -2.45. The van der Waals surface area contributed by atoms with E-state index in [-0.39, 0.29) is 36.1 Å². The number of Topliss-reactive ketones (excluding diaryl/α,β-unsaturated/α-hetero) is 1. The Morgan fingerprint density at radius 2 is 1.88 bits per heavy atom. The third-order valence-electron chi connectivity index (χ3n) is 5.38. The summed E-state index contributed by atoms with van der Waals surface area (Å²) in [6, 6.07) is 7.35.